The van der Waals surface area contributed by atoms with Gasteiger partial charge in [-0.05, 0) is 125 Å². The lowest BCUT2D eigenvalue weighted by Crippen LogP contribution is -2.31. The molecule has 0 spiro atoms. The lowest BCUT2D eigenvalue weighted by Gasteiger charge is -2.37. The summed E-state index contributed by atoms with van der Waals surface area (Å²) < 4.78 is 0. The molecular formula is C68H47N. The first-order valence-electron chi connectivity index (χ1n) is 24.0. The van der Waals surface area contributed by atoms with Gasteiger partial charge in [-0.25, -0.2) is 0 Å². The molecule has 324 valence electrons. The molecular weight excluding hydrogens is 831 g/mol. The highest BCUT2D eigenvalue weighted by Gasteiger charge is 2.53. The number of benzene rings is 11. The monoisotopic (exact) mass is 877 g/mol. The van der Waals surface area contributed by atoms with E-state index in [9.17, 15) is 0 Å². The number of fused-ring (bicyclic) bond motifs is 6. The number of anilines is 3. The van der Waals surface area contributed by atoms with Crippen LogP contribution < -0.4 is 4.90 Å². The van der Waals surface area contributed by atoms with E-state index in [1.165, 1.54) is 89.0 Å². The van der Waals surface area contributed by atoms with Crippen molar-refractivity contribution in [3.8, 4) is 44.5 Å². The van der Waals surface area contributed by atoms with Crippen LogP contribution >= 0.6 is 0 Å². The third-order valence-corrected chi connectivity index (χ3v) is 14.8. The average molecular weight is 878 g/mol. The Morgan fingerprint density at radius 1 is 0.217 bits per heavy atom. The van der Waals surface area contributed by atoms with Gasteiger partial charge in [-0.1, -0.05) is 249 Å². The molecule has 2 aliphatic rings. The molecule has 0 aliphatic heterocycles. The zero-order valence-corrected chi connectivity index (χ0v) is 38.1. The van der Waals surface area contributed by atoms with Crippen LogP contribution in [-0.2, 0) is 10.8 Å². The summed E-state index contributed by atoms with van der Waals surface area (Å²) in [5, 5.41) is 0. The van der Waals surface area contributed by atoms with Crippen molar-refractivity contribution in [3.63, 3.8) is 0 Å². The fourth-order valence-electron chi connectivity index (χ4n) is 12.0. The molecule has 0 amide bonds. The summed E-state index contributed by atoms with van der Waals surface area (Å²) in [6.45, 7) is 0. The quantitative estimate of drug-likeness (QED) is 0.140. The molecule has 13 rings (SSSR count). The van der Waals surface area contributed by atoms with Crippen LogP contribution in [0, 0.1) is 0 Å². The maximum atomic E-state index is 2.63. The Morgan fingerprint density at radius 2 is 0.580 bits per heavy atom. The van der Waals surface area contributed by atoms with Crippen LogP contribution in [0.15, 0.2) is 285 Å². The molecule has 11 aromatic carbocycles. The predicted octanol–water partition coefficient (Wildman–Crippen LogP) is 17.2. The lowest BCUT2D eigenvalue weighted by atomic mass is 9.64. The van der Waals surface area contributed by atoms with Crippen molar-refractivity contribution in [1.29, 1.82) is 0 Å². The van der Waals surface area contributed by atoms with Gasteiger partial charge in [0.25, 0.3) is 0 Å². The molecule has 0 saturated heterocycles. The van der Waals surface area contributed by atoms with Gasteiger partial charge in [0.15, 0.2) is 0 Å². The third-order valence-electron chi connectivity index (χ3n) is 14.8. The van der Waals surface area contributed by atoms with E-state index in [1.54, 1.807) is 0 Å². The zero-order chi connectivity index (χ0) is 45.8. The Hall–Kier alpha value is -8.78. The van der Waals surface area contributed by atoms with Gasteiger partial charge < -0.3 is 4.90 Å². The number of hydrogen-bond acceptors (Lipinski definition) is 1. The van der Waals surface area contributed by atoms with Gasteiger partial charge in [0.1, 0.15) is 0 Å². The summed E-state index contributed by atoms with van der Waals surface area (Å²) in [4.78, 5) is 2.42. The lowest BCUT2D eigenvalue weighted by molar-refractivity contribution is 0.744. The molecule has 0 radical (unpaired) electrons. The van der Waals surface area contributed by atoms with E-state index >= 15 is 0 Å². The number of nitrogens with zero attached hydrogens (tertiary/aromatic N) is 1. The van der Waals surface area contributed by atoms with Crippen LogP contribution in [0.25, 0.3) is 44.5 Å². The molecule has 0 fully saturated rings. The molecule has 0 bridgehead atoms. The fraction of sp³-hybridized carbons (Fsp3) is 0.0294. The summed E-state index contributed by atoms with van der Waals surface area (Å²) in [6, 6.07) is 106. The Labute approximate surface area is 404 Å². The second kappa shape index (κ2) is 16.5. The van der Waals surface area contributed by atoms with E-state index in [2.05, 4.69) is 290 Å². The number of para-hydroxylation sites is 1. The van der Waals surface area contributed by atoms with Gasteiger partial charge in [-0.15, -0.1) is 0 Å². The fourth-order valence-corrected chi connectivity index (χ4v) is 12.0. The second-order valence-electron chi connectivity index (χ2n) is 18.3. The van der Waals surface area contributed by atoms with Crippen LogP contribution in [0.3, 0.4) is 0 Å². The van der Waals surface area contributed by atoms with Gasteiger partial charge in [0.05, 0.1) is 10.8 Å². The minimum Gasteiger partial charge on any atom is -0.310 e. The molecule has 11 aromatic rings. The van der Waals surface area contributed by atoms with Gasteiger partial charge in [0, 0.05) is 17.1 Å². The highest BCUT2D eigenvalue weighted by atomic mass is 15.1. The van der Waals surface area contributed by atoms with E-state index < -0.39 is 10.8 Å². The molecule has 2 aliphatic carbocycles. The minimum atomic E-state index is -0.674. The van der Waals surface area contributed by atoms with E-state index in [-0.39, 0.29) is 0 Å². The van der Waals surface area contributed by atoms with E-state index in [4.69, 9.17) is 0 Å². The largest absolute Gasteiger partial charge is 0.310 e. The first-order chi connectivity index (χ1) is 34.3. The molecule has 1 nitrogen and oxygen atoms in total. The molecule has 0 N–H and O–H groups in total. The first-order valence-corrected chi connectivity index (χ1v) is 24.0. The minimum absolute atomic E-state index is 0.609. The summed E-state index contributed by atoms with van der Waals surface area (Å²) in [5.74, 6) is 0. The number of rotatable bonds is 9. The van der Waals surface area contributed by atoms with Crippen molar-refractivity contribution >= 4 is 17.1 Å². The van der Waals surface area contributed by atoms with Gasteiger partial charge in [-0.2, -0.15) is 0 Å². The Kier molecular flexibility index (Phi) is 9.70. The Balaban J connectivity index is 1.18. The van der Waals surface area contributed by atoms with Gasteiger partial charge in [0.2, 0.25) is 0 Å². The summed E-state index contributed by atoms with van der Waals surface area (Å²) in [5.41, 5.74) is 22.0. The maximum absolute atomic E-state index is 2.63. The van der Waals surface area contributed by atoms with E-state index in [1.807, 2.05) is 0 Å². The smallest absolute Gasteiger partial charge is 0.0713 e. The molecule has 0 atom stereocenters. The van der Waals surface area contributed by atoms with Gasteiger partial charge >= 0.3 is 0 Å². The molecule has 0 aromatic heterocycles. The second-order valence-corrected chi connectivity index (χ2v) is 18.3. The molecule has 0 saturated carbocycles. The van der Waals surface area contributed by atoms with E-state index in [0.29, 0.717) is 0 Å². The van der Waals surface area contributed by atoms with E-state index in [0.717, 1.165) is 17.1 Å². The van der Waals surface area contributed by atoms with Crippen molar-refractivity contribution in [3.05, 3.63) is 330 Å². The number of hydrogen-bond donors (Lipinski definition) is 0. The zero-order valence-electron chi connectivity index (χ0n) is 38.1. The van der Waals surface area contributed by atoms with Crippen molar-refractivity contribution < 1.29 is 0 Å². The topological polar surface area (TPSA) is 3.24 Å². The summed E-state index contributed by atoms with van der Waals surface area (Å²) in [6.07, 6.45) is 0. The first kappa shape index (κ1) is 40.5. The Morgan fingerprint density at radius 3 is 1.09 bits per heavy atom. The highest BCUT2D eigenvalue weighted by Crippen LogP contribution is 2.66. The molecule has 0 unspecified atom stereocenters. The van der Waals surface area contributed by atoms with Crippen molar-refractivity contribution in [2.75, 3.05) is 4.90 Å². The standard InChI is InChI=1S/C68H47N/c1-8-24-48(25-9-1)49-40-42-56(43-41-49)69(55-36-20-7-21-37-55)57-44-45-61-59(46-57)66-63(68(61,53-32-16-5-17-33-53)54-34-18-6-19-35-54)47-62-65(64(66)50-26-10-2-11-27-50)58-38-22-23-39-60(58)67(62,51-28-12-3-13-29-51)52-30-14-4-15-31-52/h1-47H. The SMILES string of the molecule is c1ccc(-c2ccc(N(c3ccccc3)c3ccc4c(c3)-c3c(cc5c(c3-c3ccccc3)-c3ccccc3C5(c3ccccc3)c3ccccc3)C4(c3ccccc3)c3ccccc3)cc2)cc1. The molecule has 0 heterocycles. The molecule has 1 heteroatoms. The van der Waals surface area contributed by atoms with Crippen LogP contribution in [0.4, 0.5) is 17.1 Å². The van der Waals surface area contributed by atoms with Crippen LogP contribution in [0.1, 0.15) is 44.5 Å². The van der Waals surface area contributed by atoms with Crippen molar-refractivity contribution in [1.82, 2.24) is 0 Å². The summed E-state index contributed by atoms with van der Waals surface area (Å²) in [7, 11) is 0. The van der Waals surface area contributed by atoms with Crippen LogP contribution in [0.2, 0.25) is 0 Å². The van der Waals surface area contributed by atoms with Crippen LogP contribution in [-0.4, -0.2) is 0 Å². The predicted molar refractivity (Wildman–Crippen MR) is 287 cm³/mol. The van der Waals surface area contributed by atoms with Crippen LogP contribution in [0.5, 0.6) is 0 Å². The average Bonchev–Trinajstić information content (AvgIpc) is 3.90. The van der Waals surface area contributed by atoms with Crippen molar-refractivity contribution in [2.24, 2.45) is 0 Å². The molecule has 69 heavy (non-hydrogen) atoms. The summed E-state index contributed by atoms with van der Waals surface area (Å²) >= 11 is 0. The van der Waals surface area contributed by atoms with Gasteiger partial charge in [-0.3, -0.25) is 0 Å². The maximum Gasteiger partial charge on any atom is 0.0713 e. The normalized spacial score (nSPS) is 13.4. The van der Waals surface area contributed by atoms with Crippen molar-refractivity contribution in [2.45, 2.75) is 10.8 Å². The third kappa shape index (κ3) is 6.17. The Bertz CT molecular complexity index is 3530. The highest BCUT2D eigenvalue weighted by molar-refractivity contribution is 6.07.